The third kappa shape index (κ3) is 2.82. The number of H-pyrrole nitrogens is 1. The van der Waals surface area contributed by atoms with Crippen LogP contribution >= 0.6 is 12.2 Å². The molecule has 112 valence electrons. The quantitative estimate of drug-likeness (QED) is 0.837. The lowest BCUT2D eigenvalue weighted by Crippen LogP contribution is -2.38. The third-order valence-electron chi connectivity index (χ3n) is 4.84. The predicted molar refractivity (Wildman–Crippen MR) is 84.5 cm³/mol. The van der Waals surface area contributed by atoms with Crippen LogP contribution in [0.3, 0.4) is 0 Å². The summed E-state index contributed by atoms with van der Waals surface area (Å²) in [6.07, 6.45) is 5.25. The van der Waals surface area contributed by atoms with Crippen LogP contribution < -0.4 is 0 Å². The van der Waals surface area contributed by atoms with Gasteiger partial charge in [-0.15, -0.1) is 0 Å². The first-order valence-electron chi connectivity index (χ1n) is 7.49. The molecule has 1 aromatic heterocycles. The second-order valence-corrected chi connectivity index (χ2v) is 7.10. The average Bonchev–Trinajstić information content (AvgIpc) is 2.42. The molecule has 0 bridgehead atoms. The van der Waals surface area contributed by atoms with E-state index in [1.165, 1.54) is 5.69 Å². The number of nitrogens with one attached hydrogen (secondary N) is 1. The molecular weight excluding hydrogens is 268 g/mol. The van der Waals surface area contributed by atoms with Crippen molar-refractivity contribution in [2.24, 2.45) is 5.41 Å². The van der Waals surface area contributed by atoms with Crippen LogP contribution in [0.4, 0.5) is 0 Å². The molecule has 0 saturated heterocycles. The number of hydrogen-bond donors (Lipinski definition) is 1. The summed E-state index contributed by atoms with van der Waals surface area (Å²) in [4.78, 5) is 8.12. The Morgan fingerprint density at radius 2 is 1.85 bits per heavy atom. The fraction of sp³-hybridized carbons (Fsp3) is 0.750. The van der Waals surface area contributed by atoms with Gasteiger partial charge in [0.2, 0.25) is 0 Å². The van der Waals surface area contributed by atoms with Crippen molar-refractivity contribution in [2.45, 2.75) is 65.4 Å². The highest BCUT2D eigenvalue weighted by Gasteiger charge is 2.41. The van der Waals surface area contributed by atoms with E-state index < -0.39 is 0 Å². The molecule has 0 aliphatic heterocycles. The largest absolute Gasteiger partial charge is 0.370 e. The van der Waals surface area contributed by atoms with E-state index in [-0.39, 0.29) is 5.60 Å². The summed E-state index contributed by atoms with van der Waals surface area (Å²) in [5, 5.41) is 0. The molecule has 0 aromatic carbocycles. The Bertz CT molecular complexity index is 538. The lowest BCUT2D eigenvalue weighted by molar-refractivity contribution is -0.0731. The molecule has 0 atom stereocenters. The van der Waals surface area contributed by atoms with Crippen molar-refractivity contribution in [3.8, 4) is 0 Å². The number of rotatable bonds is 3. The van der Waals surface area contributed by atoms with Gasteiger partial charge in [0.15, 0.2) is 0 Å². The van der Waals surface area contributed by atoms with Crippen molar-refractivity contribution >= 4 is 12.2 Å². The van der Waals surface area contributed by atoms with Gasteiger partial charge in [-0.2, -0.15) is 0 Å². The summed E-state index contributed by atoms with van der Waals surface area (Å²) in [6.45, 7) is 8.84. The number of nitrogens with zero attached hydrogens (tertiary/aromatic N) is 1. The average molecular weight is 294 g/mol. The standard InChI is InChI=1S/C16H26N2OS/c1-6-12-11(2)13(20)18-14(17-12)16(19-5)9-7-15(3,4)8-10-16/h6-10H2,1-5H3,(H,17,18,20). The molecule has 0 radical (unpaired) electrons. The minimum atomic E-state index is -0.291. The summed E-state index contributed by atoms with van der Waals surface area (Å²) in [5.41, 5.74) is 2.38. The SMILES string of the molecule is CCc1[nH]c(C2(OC)CCC(C)(C)CC2)nc(=S)c1C. The molecule has 4 heteroatoms. The fourth-order valence-corrected chi connectivity index (χ4v) is 3.23. The third-order valence-corrected chi connectivity index (χ3v) is 5.24. The predicted octanol–water partition coefficient (Wildman–Crippen LogP) is 4.45. The molecule has 1 N–H and O–H groups in total. The van der Waals surface area contributed by atoms with Crippen molar-refractivity contribution in [3.63, 3.8) is 0 Å². The summed E-state index contributed by atoms with van der Waals surface area (Å²) in [5.74, 6) is 0.919. The molecule has 1 aliphatic rings. The van der Waals surface area contributed by atoms with E-state index in [0.29, 0.717) is 10.1 Å². The Morgan fingerprint density at radius 3 is 2.35 bits per heavy atom. The van der Waals surface area contributed by atoms with Crippen LogP contribution in [-0.2, 0) is 16.8 Å². The van der Waals surface area contributed by atoms with Crippen LogP contribution in [0.15, 0.2) is 0 Å². The molecule has 1 aliphatic carbocycles. The van der Waals surface area contributed by atoms with Crippen molar-refractivity contribution in [2.75, 3.05) is 7.11 Å². The lowest BCUT2D eigenvalue weighted by Gasteiger charge is -2.42. The Kier molecular flexibility index (Phi) is 4.35. The maximum absolute atomic E-state index is 5.91. The van der Waals surface area contributed by atoms with Gasteiger partial charge in [0.05, 0.1) is 0 Å². The summed E-state index contributed by atoms with van der Waals surface area (Å²) in [6, 6.07) is 0. The van der Waals surface area contributed by atoms with Crippen molar-refractivity contribution < 1.29 is 4.74 Å². The van der Waals surface area contributed by atoms with Gasteiger partial charge < -0.3 is 9.72 Å². The lowest BCUT2D eigenvalue weighted by atomic mass is 9.70. The molecular formula is C16H26N2OS. The zero-order chi connectivity index (χ0) is 15.0. The van der Waals surface area contributed by atoms with Gasteiger partial charge >= 0.3 is 0 Å². The number of hydrogen-bond acceptors (Lipinski definition) is 3. The van der Waals surface area contributed by atoms with Crippen LogP contribution in [0.1, 0.15) is 63.5 Å². The Balaban J connectivity index is 2.43. The van der Waals surface area contributed by atoms with Gasteiger partial charge in [0.1, 0.15) is 16.1 Å². The molecule has 3 nitrogen and oxygen atoms in total. The molecule has 20 heavy (non-hydrogen) atoms. The highest BCUT2D eigenvalue weighted by Crippen LogP contribution is 2.46. The highest BCUT2D eigenvalue weighted by molar-refractivity contribution is 7.71. The van der Waals surface area contributed by atoms with E-state index in [2.05, 4.69) is 30.7 Å². The van der Waals surface area contributed by atoms with E-state index in [1.807, 2.05) is 6.92 Å². The maximum Gasteiger partial charge on any atom is 0.140 e. The molecule has 0 spiro atoms. The zero-order valence-corrected chi connectivity index (χ0v) is 14.1. The van der Waals surface area contributed by atoms with Crippen LogP contribution in [0, 0.1) is 17.0 Å². The summed E-state index contributed by atoms with van der Waals surface area (Å²) >= 11 is 5.42. The first-order chi connectivity index (χ1) is 9.33. The highest BCUT2D eigenvalue weighted by atomic mass is 32.1. The summed E-state index contributed by atoms with van der Waals surface area (Å²) in [7, 11) is 1.79. The van der Waals surface area contributed by atoms with Gasteiger partial charge in [-0.05, 0) is 44.4 Å². The number of aromatic amines is 1. The van der Waals surface area contributed by atoms with E-state index in [4.69, 9.17) is 17.0 Å². The molecule has 1 saturated carbocycles. The van der Waals surface area contributed by atoms with Crippen molar-refractivity contribution in [3.05, 3.63) is 21.7 Å². The second-order valence-electron chi connectivity index (χ2n) is 6.71. The zero-order valence-electron chi connectivity index (χ0n) is 13.3. The molecule has 0 unspecified atom stereocenters. The summed E-state index contributed by atoms with van der Waals surface area (Å²) < 4.78 is 6.62. The van der Waals surface area contributed by atoms with E-state index in [1.54, 1.807) is 7.11 Å². The topological polar surface area (TPSA) is 37.9 Å². The molecule has 2 rings (SSSR count). The fourth-order valence-electron chi connectivity index (χ4n) is 3.02. The number of methoxy groups -OCH3 is 1. The van der Waals surface area contributed by atoms with E-state index in [9.17, 15) is 0 Å². The number of aromatic nitrogens is 2. The van der Waals surface area contributed by atoms with Crippen molar-refractivity contribution in [1.29, 1.82) is 0 Å². The minimum absolute atomic E-state index is 0.291. The van der Waals surface area contributed by atoms with Gasteiger partial charge in [-0.25, -0.2) is 4.98 Å². The Labute approximate surface area is 127 Å². The Morgan fingerprint density at radius 1 is 1.25 bits per heavy atom. The van der Waals surface area contributed by atoms with Gasteiger partial charge in [0.25, 0.3) is 0 Å². The number of ether oxygens (including phenoxy) is 1. The normalized spacial score (nSPS) is 20.9. The first kappa shape index (κ1) is 15.6. The van der Waals surface area contributed by atoms with Crippen LogP contribution in [-0.4, -0.2) is 17.1 Å². The molecule has 1 fully saturated rings. The van der Waals surface area contributed by atoms with Crippen LogP contribution in [0.25, 0.3) is 0 Å². The Hall–Kier alpha value is -0.740. The van der Waals surface area contributed by atoms with Gasteiger partial charge in [-0.3, -0.25) is 0 Å². The minimum Gasteiger partial charge on any atom is -0.370 e. The molecule has 1 heterocycles. The van der Waals surface area contributed by atoms with E-state index in [0.717, 1.165) is 43.5 Å². The molecule has 0 amide bonds. The number of aryl methyl sites for hydroxylation is 1. The van der Waals surface area contributed by atoms with Gasteiger partial charge in [-0.1, -0.05) is 33.0 Å². The molecule has 1 aromatic rings. The monoisotopic (exact) mass is 294 g/mol. The van der Waals surface area contributed by atoms with Gasteiger partial charge in [0, 0.05) is 18.4 Å². The first-order valence-corrected chi connectivity index (χ1v) is 7.90. The van der Waals surface area contributed by atoms with E-state index >= 15 is 0 Å². The van der Waals surface area contributed by atoms with Crippen molar-refractivity contribution in [1.82, 2.24) is 9.97 Å². The van der Waals surface area contributed by atoms with Crippen LogP contribution in [0.2, 0.25) is 0 Å². The van der Waals surface area contributed by atoms with Crippen LogP contribution in [0.5, 0.6) is 0 Å². The maximum atomic E-state index is 5.91. The second kappa shape index (κ2) is 5.57. The smallest absolute Gasteiger partial charge is 0.140 e.